The summed E-state index contributed by atoms with van der Waals surface area (Å²) in [5.74, 6) is -5.30. The number of amides is 4. The molecule has 4 unspecified atom stereocenters. The van der Waals surface area contributed by atoms with E-state index in [-0.39, 0.29) is 50.8 Å². The molecule has 208 valence electrons. The predicted molar refractivity (Wildman–Crippen MR) is 131 cm³/mol. The molecule has 1 aromatic carbocycles. The summed E-state index contributed by atoms with van der Waals surface area (Å²) in [7, 11) is 0. The van der Waals surface area contributed by atoms with Gasteiger partial charge in [0.1, 0.15) is 23.9 Å². The highest BCUT2D eigenvalue weighted by Crippen LogP contribution is 2.21. The van der Waals surface area contributed by atoms with Crippen molar-refractivity contribution in [1.82, 2.24) is 15.5 Å². The molecular formula is C24H33N5O9. The number of phenols is 1. The lowest BCUT2D eigenvalue weighted by Gasteiger charge is -2.30. The summed E-state index contributed by atoms with van der Waals surface area (Å²) in [6, 6.07) is 1.14. The average molecular weight is 536 g/mol. The second-order valence-electron chi connectivity index (χ2n) is 9.06. The number of phenolic OH excluding ortho intramolecular Hbond substituents is 1. The van der Waals surface area contributed by atoms with Crippen LogP contribution in [0.15, 0.2) is 24.3 Å². The Morgan fingerprint density at radius 3 is 2.21 bits per heavy atom. The largest absolute Gasteiger partial charge is 0.508 e. The molecule has 4 amide bonds. The van der Waals surface area contributed by atoms with E-state index in [1.807, 2.05) is 0 Å². The standard InChI is InChI=1S/C24H33N5O9/c25-15(7-10-20(32)33)21(34)28-17(12-13-3-5-14(30)6-4-13)23(36)29-11-1-2-18(29)22(35)27-16(24(37)38)8-9-19(26)31/h3-6,15-18,30H,1-2,7-12,25H2,(H2,26,31)(H,27,35)(H,28,34)(H,32,33)(H,37,38). The van der Waals surface area contributed by atoms with Crippen molar-refractivity contribution in [3.05, 3.63) is 29.8 Å². The van der Waals surface area contributed by atoms with E-state index >= 15 is 0 Å². The van der Waals surface area contributed by atoms with Crippen LogP contribution < -0.4 is 22.1 Å². The third kappa shape index (κ3) is 9.03. The maximum atomic E-state index is 13.6. The Balaban J connectivity index is 2.20. The molecule has 2 rings (SSSR count). The number of hydrogen-bond acceptors (Lipinski definition) is 8. The van der Waals surface area contributed by atoms with E-state index < -0.39 is 59.7 Å². The van der Waals surface area contributed by atoms with Crippen molar-refractivity contribution in [2.45, 2.75) is 69.1 Å². The number of carbonyl (C=O) groups is 6. The van der Waals surface area contributed by atoms with Crippen LogP contribution in [-0.2, 0) is 35.2 Å². The summed E-state index contributed by atoms with van der Waals surface area (Å²) >= 11 is 0. The fourth-order valence-corrected chi connectivity index (χ4v) is 4.07. The van der Waals surface area contributed by atoms with Gasteiger partial charge in [-0.2, -0.15) is 0 Å². The minimum Gasteiger partial charge on any atom is -0.508 e. The molecule has 0 aromatic heterocycles. The van der Waals surface area contributed by atoms with E-state index in [0.717, 1.165) is 0 Å². The van der Waals surface area contributed by atoms with Gasteiger partial charge in [0, 0.05) is 25.8 Å². The first kappa shape index (κ1) is 30.0. The van der Waals surface area contributed by atoms with Crippen LogP contribution in [0.4, 0.5) is 0 Å². The van der Waals surface area contributed by atoms with E-state index in [1.165, 1.54) is 17.0 Å². The van der Waals surface area contributed by atoms with Crippen LogP contribution in [0.25, 0.3) is 0 Å². The minimum absolute atomic E-state index is 0.00282. The number of nitrogens with zero attached hydrogens (tertiary/aromatic N) is 1. The second kappa shape index (κ2) is 13.9. The number of aliphatic carboxylic acids is 2. The number of hydrogen-bond donors (Lipinski definition) is 7. The maximum Gasteiger partial charge on any atom is 0.326 e. The van der Waals surface area contributed by atoms with Crippen molar-refractivity contribution in [2.24, 2.45) is 11.5 Å². The minimum atomic E-state index is -1.38. The number of nitrogens with one attached hydrogen (secondary N) is 2. The number of carboxylic acids is 2. The molecular weight excluding hydrogens is 502 g/mol. The average Bonchev–Trinajstić information content (AvgIpc) is 3.35. The van der Waals surface area contributed by atoms with Crippen molar-refractivity contribution < 1.29 is 44.1 Å². The Bertz CT molecular complexity index is 1050. The number of primary amides is 1. The molecule has 0 radical (unpaired) electrons. The third-order valence-corrected chi connectivity index (χ3v) is 6.13. The van der Waals surface area contributed by atoms with Gasteiger partial charge in [-0.25, -0.2) is 4.79 Å². The first-order valence-corrected chi connectivity index (χ1v) is 12.1. The first-order valence-electron chi connectivity index (χ1n) is 12.1. The molecule has 0 bridgehead atoms. The summed E-state index contributed by atoms with van der Waals surface area (Å²) in [5.41, 5.74) is 11.5. The molecule has 38 heavy (non-hydrogen) atoms. The smallest absolute Gasteiger partial charge is 0.326 e. The van der Waals surface area contributed by atoms with Crippen LogP contribution in [0, 0.1) is 0 Å². The highest BCUT2D eigenvalue weighted by Gasteiger charge is 2.39. The molecule has 1 aliphatic rings. The number of rotatable bonds is 14. The zero-order valence-corrected chi connectivity index (χ0v) is 20.7. The van der Waals surface area contributed by atoms with Gasteiger partial charge in [0.2, 0.25) is 23.6 Å². The lowest BCUT2D eigenvalue weighted by atomic mass is 10.0. The number of likely N-dealkylation sites (tertiary alicyclic amines) is 1. The van der Waals surface area contributed by atoms with Gasteiger partial charge in [-0.1, -0.05) is 12.1 Å². The van der Waals surface area contributed by atoms with E-state index in [0.29, 0.717) is 12.0 Å². The van der Waals surface area contributed by atoms with Gasteiger partial charge in [0.25, 0.3) is 0 Å². The lowest BCUT2D eigenvalue weighted by Crippen LogP contribution is -2.57. The van der Waals surface area contributed by atoms with E-state index in [9.17, 15) is 39.0 Å². The van der Waals surface area contributed by atoms with Crippen LogP contribution in [-0.4, -0.2) is 86.5 Å². The fraction of sp³-hybridized carbons (Fsp3) is 0.500. The second-order valence-corrected chi connectivity index (χ2v) is 9.06. The molecule has 1 saturated heterocycles. The summed E-state index contributed by atoms with van der Waals surface area (Å²) in [6.45, 7) is 0.170. The SMILES string of the molecule is NC(=O)CCC(NC(=O)C1CCCN1C(=O)C(Cc1ccc(O)cc1)NC(=O)C(N)CCC(=O)O)C(=O)O. The quantitative estimate of drug-likeness (QED) is 0.144. The Morgan fingerprint density at radius 1 is 0.974 bits per heavy atom. The maximum absolute atomic E-state index is 13.6. The van der Waals surface area contributed by atoms with Crippen LogP contribution in [0.5, 0.6) is 5.75 Å². The van der Waals surface area contributed by atoms with Gasteiger partial charge in [-0.05, 0) is 43.4 Å². The van der Waals surface area contributed by atoms with Gasteiger partial charge < -0.3 is 42.3 Å². The number of carbonyl (C=O) groups excluding carboxylic acids is 4. The number of carboxylic acid groups (broad SMARTS) is 2. The van der Waals surface area contributed by atoms with Gasteiger partial charge in [0.05, 0.1) is 6.04 Å². The van der Waals surface area contributed by atoms with Crippen molar-refractivity contribution >= 4 is 35.6 Å². The molecule has 4 atom stereocenters. The third-order valence-electron chi connectivity index (χ3n) is 6.13. The molecule has 1 aromatic rings. The van der Waals surface area contributed by atoms with Crippen LogP contribution in [0.3, 0.4) is 0 Å². The monoisotopic (exact) mass is 535 g/mol. The highest BCUT2D eigenvalue weighted by molar-refractivity contribution is 5.94. The van der Waals surface area contributed by atoms with Crippen molar-refractivity contribution in [3.8, 4) is 5.75 Å². The molecule has 14 nitrogen and oxygen atoms in total. The van der Waals surface area contributed by atoms with Gasteiger partial charge in [0.15, 0.2) is 0 Å². The Morgan fingerprint density at radius 2 is 1.63 bits per heavy atom. The molecule has 0 spiro atoms. The Hall–Kier alpha value is -4.20. The first-order chi connectivity index (χ1) is 17.9. The van der Waals surface area contributed by atoms with Gasteiger partial charge in [-0.3, -0.25) is 24.0 Å². The van der Waals surface area contributed by atoms with Gasteiger partial charge in [-0.15, -0.1) is 0 Å². The molecule has 1 fully saturated rings. The summed E-state index contributed by atoms with van der Waals surface area (Å²) in [5, 5.41) is 32.7. The van der Waals surface area contributed by atoms with Crippen molar-refractivity contribution in [3.63, 3.8) is 0 Å². The number of nitrogens with two attached hydrogens (primary N) is 2. The Labute approximate surface area is 218 Å². The molecule has 0 saturated carbocycles. The van der Waals surface area contributed by atoms with Crippen LogP contribution in [0.2, 0.25) is 0 Å². The summed E-state index contributed by atoms with van der Waals surface area (Å²) in [6.07, 6.45) is -0.299. The lowest BCUT2D eigenvalue weighted by molar-refractivity contribution is -0.145. The van der Waals surface area contributed by atoms with E-state index in [2.05, 4.69) is 10.6 Å². The van der Waals surface area contributed by atoms with Crippen molar-refractivity contribution in [2.75, 3.05) is 6.54 Å². The highest BCUT2D eigenvalue weighted by atomic mass is 16.4. The van der Waals surface area contributed by atoms with Crippen LogP contribution >= 0.6 is 0 Å². The normalized spacial score (nSPS) is 17.2. The molecule has 0 aliphatic carbocycles. The Kier molecular flexibility index (Phi) is 11.0. The molecule has 14 heteroatoms. The summed E-state index contributed by atoms with van der Waals surface area (Å²) < 4.78 is 0. The van der Waals surface area contributed by atoms with E-state index in [4.69, 9.17) is 16.6 Å². The zero-order valence-electron chi connectivity index (χ0n) is 20.7. The number of aromatic hydroxyl groups is 1. The zero-order chi connectivity index (χ0) is 28.4. The fourth-order valence-electron chi connectivity index (χ4n) is 4.07. The molecule has 1 heterocycles. The predicted octanol–water partition coefficient (Wildman–Crippen LogP) is -1.56. The number of benzene rings is 1. The topological polar surface area (TPSA) is 242 Å². The van der Waals surface area contributed by atoms with Crippen LogP contribution in [0.1, 0.15) is 44.1 Å². The summed E-state index contributed by atoms with van der Waals surface area (Å²) in [4.78, 5) is 73.8. The van der Waals surface area contributed by atoms with E-state index in [1.54, 1.807) is 12.1 Å². The van der Waals surface area contributed by atoms with Crippen molar-refractivity contribution in [1.29, 1.82) is 0 Å². The molecule has 1 aliphatic heterocycles. The van der Waals surface area contributed by atoms with Gasteiger partial charge >= 0.3 is 11.9 Å². The molecule has 9 N–H and O–H groups in total.